The van der Waals surface area contributed by atoms with Crippen LogP contribution in [0.3, 0.4) is 0 Å². The van der Waals surface area contributed by atoms with Crippen LogP contribution in [0.2, 0.25) is 5.02 Å². The highest BCUT2D eigenvalue weighted by atomic mass is 35.5. The number of nitrogens with one attached hydrogen (secondary N) is 2. The number of hydrogen-bond donors (Lipinski definition) is 2. The first-order valence-electron chi connectivity index (χ1n) is 10.9. The molecule has 0 spiro atoms. The molecule has 1 aliphatic heterocycles. The number of nitrogens with zero attached hydrogens (tertiary/aromatic N) is 1. The molecule has 3 aromatic carbocycles. The molecule has 2 N–H and O–H groups in total. The summed E-state index contributed by atoms with van der Waals surface area (Å²) in [6, 6.07) is 15.2. The second kappa shape index (κ2) is 10.3. The largest absolute Gasteiger partial charge is 0.416 e. The van der Waals surface area contributed by atoms with Crippen molar-refractivity contribution in [2.45, 2.75) is 19.5 Å². The number of imide groups is 1. The van der Waals surface area contributed by atoms with Crippen LogP contribution in [0.25, 0.3) is 0 Å². The Morgan fingerprint density at radius 1 is 0.919 bits per heavy atom. The average molecular weight is 548 g/mol. The first-order chi connectivity index (χ1) is 17.5. The number of aryl methyl sites for hydroxylation is 1. The number of anilines is 3. The third-order valence-electron chi connectivity index (χ3n) is 5.59. The van der Waals surface area contributed by atoms with Gasteiger partial charge < -0.3 is 10.6 Å². The van der Waals surface area contributed by atoms with E-state index < -0.39 is 29.5 Å². The maximum Gasteiger partial charge on any atom is 0.416 e. The molecule has 3 aromatic rings. The summed E-state index contributed by atoms with van der Waals surface area (Å²) in [6.45, 7) is 1.98. The molecule has 0 unspecified atom stereocenters. The molecule has 0 saturated carbocycles. The minimum Gasteiger partial charge on any atom is -0.350 e. The van der Waals surface area contributed by atoms with E-state index in [2.05, 4.69) is 10.6 Å². The van der Waals surface area contributed by atoms with Crippen LogP contribution < -0.4 is 15.5 Å². The average Bonchev–Trinajstić information content (AvgIpc) is 3.08. The van der Waals surface area contributed by atoms with Crippen LogP contribution in [-0.2, 0) is 22.2 Å². The van der Waals surface area contributed by atoms with E-state index in [0.29, 0.717) is 11.4 Å². The van der Waals surface area contributed by atoms with Crippen LogP contribution in [0.15, 0.2) is 77.5 Å². The normalized spacial score (nSPS) is 13.8. The molecular weight excluding hydrogens is 530 g/mol. The summed E-state index contributed by atoms with van der Waals surface area (Å²) >= 11 is 12.1. The Hall–Kier alpha value is -3.82. The molecule has 0 saturated heterocycles. The third-order valence-corrected chi connectivity index (χ3v) is 6.27. The van der Waals surface area contributed by atoms with Crippen LogP contribution >= 0.6 is 23.2 Å². The summed E-state index contributed by atoms with van der Waals surface area (Å²) in [4.78, 5) is 39.1. The SMILES string of the molecule is CCc1ccc(N2C(=O)C(Cl)=C(Nc3ccc(C(=O)Nc4cc(C(F)(F)F)ccc4Cl)cc3)C2=O)cc1. The predicted octanol–water partition coefficient (Wildman–Crippen LogP) is 6.61. The molecule has 0 aliphatic carbocycles. The second-order valence-electron chi connectivity index (χ2n) is 8.00. The Bertz CT molecular complexity index is 1420. The van der Waals surface area contributed by atoms with Crippen molar-refractivity contribution < 1.29 is 27.6 Å². The number of carbonyl (C=O) groups excluding carboxylic acids is 3. The summed E-state index contributed by atoms with van der Waals surface area (Å²) in [5.74, 6) is -2.01. The van der Waals surface area contributed by atoms with Gasteiger partial charge in [-0.05, 0) is 66.6 Å². The van der Waals surface area contributed by atoms with E-state index >= 15 is 0 Å². The fraction of sp³-hybridized carbons (Fsp3) is 0.115. The zero-order valence-electron chi connectivity index (χ0n) is 19.1. The van der Waals surface area contributed by atoms with Crippen LogP contribution in [-0.4, -0.2) is 17.7 Å². The van der Waals surface area contributed by atoms with Gasteiger partial charge in [-0.25, -0.2) is 4.90 Å². The minimum absolute atomic E-state index is 0.0560. The van der Waals surface area contributed by atoms with Crippen molar-refractivity contribution in [1.29, 1.82) is 0 Å². The minimum atomic E-state index is -4.60. The Morgan fingerprint density at radius 2 is 1.57 bits per heavy atom. The second-order valence-corrected chi connectivity index (χ2v) is 8.79. The van der Waals surface area contributed by atoms with Gasteiger partial charge in [-0.2, -0.15) is 13.2 Å². The maximum absolute atomic E-state index is 13.0. The van der Waals surface area contributed by atoms with Gasteiger partial charge in [0.1, 0.15) is 10.7 Å². The van der Waals surface area contributed by atoms with Gasteiger partial charge in [0.15, 0.2) is 0 Å². The zero-order valence-corrected chi connectivity index (χ0v) is 20.6. The topological polar surface area (TPSA) is 78.5 Å². The highest BCUT2D eigenvalue weighted by molar-refractivity contribution is 6.53. The molecule has 1 aliphatic rings. The summed E-state index contributed by atoms with van der Waals surface area (Å²) in [5.41, 5.74) is 0.615. The van der Waals surface area contributed by atoms with Gasteiger partial charge >= 0.3 is 6.18 Å². The first kappa shape index (κ1) is 26.2. The Morgan fingerprint density at radius 3 is 2.16 bits per heavy atom. The van der Waals surface area contributed by atoms with E-state index in [9.17, 15) is 27.6 Å². The lowest BCUT2D eigenvalue weighted by atomic mass is 10.1. The van der Waals surface area contributed by atoms with Crippen molar-refractivity contribution in [3.05, 3.63) is 99.2 Å². The van der Waals surface area contributed by atoms with Crippen molar-refractivity contribution in [2.24, 2.45) is 0 Å². The highest BCUT2D eigenvalue weighted by Gasteiger charge is 2.39. The zero-order chi connectivity index (χ0) is 26.9. The molecule has 11 heteroatoms. The fourth-order valence-corrected chi connectivity index (χ4v) is 3.95. The third kappa shape index (κ3) is 5.47. The molecule has 0 radical (unpaired) electrons. The number of rotatable bonds is 6. The van der Waals surface area contributed by atoms with Gasteiger partial charge in [-0.15, -0.1) is 0 Å². The first-order valence-corrected chi connectivity index (χ1v) is 11.7. The van der Waals surface area contributed by atoms with Crippen LogP contribution in [0.5, 0.6) is 0 Å². The van der Waals surface area contributed by atoms with Crippen LogP contribution in [0.1, 0.15) is 28.4 Å². The van der Waals surface area contributed by atoms with Gasteiger partial charge in [-0.3, -0.25) is 14.4 Å². The number of amides is 3. The molecule has 3 amide bonds. The fourth-order valence-electron chi connectivity index (χ4n) is 3.57. The Labute approximate surface area is 219 Å². The molecule has 1 heterocycles. The molecule has 6 nitrogen and oxygen atoms in total. The molecule has 37 heavy (non-hydrogen) atoms. The van der Waals surface area contributed by atoms with Gasteiger partial charge in [0, 0.05) is 11.3 Å². The lowest BCUT2D eigenvalue weighted by Crippen LogP contribution is -2.32. The van der Waals surface area contributed by atoms with E-state index in [-0.39, 0.29) is 27.0 Å². The molecule has 190 valence electrons. The van der Waals surface area contributed by atoms with E-state index in [0.717, 1.165) is 35.1 Å². The predicted molar refractivity (Wildman–Crippen MR) is 136 cm³/mol. The smallest absolute Gasteiger partial charge is 0.350 e. The van der Waals surface area contributed by atoms with E-state index in [1.807, 2.05) is 19.1 Å². The highest BCUT2D eigenvalue weighted by Crippen LogP contribution is 2.34. The Balaban J connectivity index is 1.48. The summed E-state index contributed by atoms with van der Waals surface area (Å²) in [6.07, 6.45) is -3.80. The monoisotopic (exact) mass is 547 g/mol. The standard InChI is InChI=1S/C26H18Cl2F3N3O3/c1-2-14-3-10-18(11-4-14)34-24(36)21(28)22(25(34)37)32-17-8-5-15(6-9-17)23(35)33-20-13-16(26(29,30)31)7-12-19(20)27/h3-13,32H,2H2,1H3,(H,33,35). The van der Waals surface area contributed by atoms with Crippen molar-refractivity contribution in [3.8, 4) is 0 Å². The quantitative estimate of drug-likeness (QED) is 0.340. The number of hydrogen-bond acceptors (Lipinski definition) is 4. The summed E-state index contributed by atoms with van der Waals surface area (Å²) in [5, 5.41) is 4.81. The summed E-state index contributed by atoms with van der Waals surface area (Å²) < 4.78 is 38.9. The van der Waals surface area contributed by atoms with Gasteiger partial charge in [0.25, 0.3) is 17.7 Å². The number of alkyl halides is 3. The van der Waals surface area contributed by atoms with Crippen molar-refractivity contribution in [3.63, 3.8) is 0 Å². The number of carbonyl (C=O) groups is 3. The maximum atomic E-state index is 13.0. The molecule has 0 fully saturated rings. The van der Waals surface area contributed by atoms with Gasteiger partial charge in [-0.1, -0.05) is 42.3 Å². The molecule has 4 rings (SSSR count). The number of halogens is 5. The summed E-state index contributed by atoms with van der Waals surface area (Å²) in [7, 11) is 0. The number of benzene rings is 3. The molecule has 0 bridgehead atoms. The van der Waals surface area contributed by atoms with E-state index in [4.69, 9.17) is 23.2 Å². The Kier molecular flexibility index (Phi) is 7.29. The van der Waals surface area contributed by atoms with Crippen molar-refractivity contribution >= 4 is 58.0 Å². The molecule has 0 aromatic heterocycles. The molecular formula is C26H18Cl2F3N3O3. The van der Waals surface area contributed by atoms with Crippen molar-refractivity contribution in [2.75, 3.05) is 15.5 Å². The van der Waals surface area contributed by atoms with Crippen LogP contribution in [0, 0.1) is 0 Å². The van der Waals surface area contributed by atoms with Gasteiger partial charge in [0.05, 0.1) is 22.0 Å². The lowest BCUT2D eigenvalue weighted by Gasteiger charge is -2.15. The van der Waals surface area contributed by atoms with Crippen LogP contribution in [0.4, 0.5) is 30.2 Å². The van der Waals surface area contributed by atoms with E-state index in [1.165, 1.54) is 24.3 Å². The van der Waals surface area contributed by atoms with Gasteiger partial charge in [0.2, 0.25) is 0 Å². The molecule has 0 atom stereocenters. The lowest BCUT2D eigenvalue weighted by molar-refractivity contribution is -0.137. The van der Waals surface area contributed by atoms with E-state index in [1.54, 1.807) is 12.1 Å². The van der Waals surface area contributed by atoms with Crippen molar-refractivity contribution in [1.82, 2.24) is 0 Å².